The van der Waals surface area contributed by atoms with Crippen molar-refractivity contribution in [1.82, 2.24) is 19.5 Å². The van der Waals surface area contributed by atoms with Crippen LogP contribution in [0.3, 0.4) is 0 Å². The van der Waals surface area contributed by atoms with Gasteiger partial charge in [-0.2, -0.15) is 9.97 Å². The van der Waals surface area contributed by atoms with Gasteiger partial charge in [0.15, 0.2) is 11.6 Å². The van der Waals surface area contributed by atoms with Gasteiger partial charge in [-0.1, -0.05) is 152 Å². The van der Waals surface area contributed by atoms with Crippen LogP contribution < -0.4 is 0 Å². The molecule has 63 heavy (non-hydrogen) atoms. The lowest BCUT2D eigenvalue weighted by Crippen LogP contribution is -2.07. The first-order chi connectivity index (χ1) is 31.2. The average molecular weight is 821 g/mol. The van der Waals surface area contributed by atoms with Gasteiger partial charge in [0, 0.05) is 64.0 Å². The van der Waals surface area contributed by atoms with Gasteiger partial charge in [0.2, 0.25) is 5.95 Å². The number of thiophene rings is 1. The van der Waals surface area contributed by atoms with Crippen molar-refractivity contribution in [3.63, 3.8) is 0 Å². The number of furan rings is 1. The highest BCUT2D eigenvalue weighted by Crippen LogP contribution is 2.46. The van der Waals surface area contributed by atoms with Crippen molar-refractivity contribution >= 4 is 108 Å². The monoisotopic (exact) mass is 820 g/mol. The lowest BCUT2D eigenvalue weighted by Gasteiger charge is -2.14. The summed E-state index contributed by atoms with van der Waals surface area (Å²) in [6, 6.07) is 69.2. The van der Waals surface area contributed by atoms with E-state index in [2.05, 4.69) is 180 Å². The van der Waals surface area contributed by atoms with Gasteiger partial charge < -0.3 is 4.42 Å². The van der Waals surface area contributed by atoms with Gasteiger partial charge in [0.1, 0.15) is 11.2 Å². The van der Waals surface area contributed by atoms with Gasteiger partial charge in [-0.25, -0.2) is 4.98 Å². The third-order valence-corrected chi connectivity index (χ3v) is 14.0. The van der Waals surface area contributed by atoms with E-state index < -0.39 is 0 Å². The van der Waals surface area contributed by atoms with Gasteiger partial charge >= 0.3 is 0 Å². The zero-order valence-electron chi connectivity index (χ0n) is 33.6. The van der Waals surface area contributed by atoms with Crippen molar-refractivity contribution in [3.8, 4) is 39.9 Å². The number of hydrogen-bond acceptors (Lipinski definition) is 5. The highest BCUT2D eigenvalue weighted by molar-refractivity contribution is 7.26. The molecule has 5 nitrogen and oxygen atoms in total. The topological polar surface area (TPSA) is 56.7 Å². The molecule has 0 aliphatic heterocycles. The molecule has 0 aliphatic rings. The van der Waals surface area contributed by atoms with E-state index in [4.69, 9.17) is 19.4 Å². The van der Waals surface area contributed by atoms with Crippen LogP contribution in [0.4, 0.5) is 0 Å². The van der Waals surface area contributed by atoms with E-state index >= 15 is 0 Å². The Bertz CT molecular complexity index is 4230. The van der Waals surface area contributed by atoms with Crippen molar-refractivity contribution in [2.45, 2.75) is 0 Å². The predicted octanol–water partition coefficient (Wildman–Crippen LogP) is 15.7. The third kappa shape index (κ3) is 5.19. The number of aromatic nitrogens is 4. The first-order valence-electron chi connectivity index (χ1n) is 21.2. The van der Waals surface area contributed by atoms with E-state index in [1.165, 1.54) is 41.9 Å². The molecular formula is C57H32N4OS. The second-order valence-electron chi connectivity index (χ2n) is 16.4. The number of para-hydroxylation sites is 2. The highest BCUT2D eigenvalue weighted by atomic mass is 32.1. The Hall–Kier alpha value is -8.19. The molecule has 0 aliphatic carbocycles. The summed E-state index contributed by atoms with van der Waals surface area (Å²) in [7, 11) is 0. The van der Waals surface area contributed by atoms with E-state index in [1.54, 1.807) is 0 Å². The number of rotatable bonds is 4. The van der Waals surface area contributed by atoms with Crippen LogP contribution in [0, 0.1) is 0 Å². The largest absolute Gasteiger partial charge is 0.456 e. The average Bonchev–Trinajstić information content (AvgIpc) is 4.02. The fourth-order valence-corrected chi connectivity index (χ4v) is 11.1. The molecule has 0 saturated carbocycles. The Morgan fingerprint density at radius 2 is 1.02 bits per heavy atom. The Morgan fingerprint density at radius 1 is 0.397 bits per heavy atom. The zero-order valence-corrected chi connectivity index (χ0v) is 34.4. The summed E-state index contributed by atoms with van der Waals surface area (Å²) in [5, 5.41) is 14.1. The highest BCUT2D eigenvalue weighted by Gasteiger charge is 2.23. The molecular weight excluding hydrogens is 789 g/mol. The number of nitrogens with zero attached hydrogens (tertiary/aromatic N) is 4. The summed E-state index contributed by atoms with van der Waals surface area (Å²) < 4.78 is 11.2. The quantitative estimate of drug-likeness (QED) is 0.177. The molecule has 0 saturated heterocycles. The van der Waals surface area contributed by atoms with Crippen molar-refractivity contribution in [2.24, 2.45) is 0 Å². The Labute approximate surface area is 363 Å². The molecule has 292 valence electrons. The van der Waals surface area contributed by atoms with Crippen molar-refractivity contribution < 1.29 is 4.42 Å². The smallest absolute Gasteiger partial charge is 0.238 e. The molecule has 0 N–H and O–H groups in total. The summed E-state index contributed by atoms with van der Waals surface area (Å²) in [6.45, 7) is 0. The number of hydrogen-bond donors (Lipinski definition) is 0. The summed E-state index contributed by atoms with van der Waals surface area (Å²) in [5.74, 6) is 1.71. The third-order valence-electron chi connectivity index (χ3n) is 12.8. The lowest BCUT2D eigenvalue weighted by atomic mass is 9.98. The van der Waals surface area contributed by atoms with E-state index in [1.807, 2.05) is 29.5 Å². The molecule has 10 aromatic carbocycles. The first-order valence-corrected chi connectivity index (χ1v) is 22.0. The van der Waals surface area contributed by atoms with E-state index in [-0.39, 0.29) is 0 Å². The molecule has 0 amide bonds. The Morgan fingerprint density at radius 3 is 1.86 bits per heavy atom. The zero-order chi connectivity index (χ0) is 41.2. The summed E-state index contributed by atoms with van der Waals surface area (Å²) in [6.07, 6.45) is 0. The van der Waals surface area contributed by atoms with E-state index in [0.717, 1.165) is 76.6 Å². The molecule has 0 radical (unpaired) electrons. The van der Waals surface area contributed by atoms with E-state index in [0.29, 0.717) is 17.6 Å². The summed E-state index contributed by atoms with van der Waals surface area (Å²) >= 11 is 1.86. The van der Waals surface area contributed by atoms with Crippen molar-refractivity contribution in [1.29, 1.82) is 0 Å². The van der Waals surface area contributed by atoms with Crippen LogP contribution in [0.25, 0.3) is 136 Å². The Balaban J connectivity index is 1.09. The maximum absolute atomic E-state index is 6.41. The summed E-state index contributed by atoms with van der Waals surface area (Å²) in [5.41, 5.74) is 7.77. The molecule has 0 fully saturated rings. The fraction of sp³-hybridized carbons (Fsp3) is 0. The second kappa shape index (κ2) is 13.2. The van der Waals surface area contributed by atoms with Crippen LogP contribution in [0.2, 0.25) is 0 Å². The first kappa shape index (κ1) is 34.5. The molecule has 6 heteroatoms. The van der Waals surface area contributed by atoms with E-state index in [9.17, 15) is 0 Å². The molecule has 4 heterocycles. The van der Waals surface area contributed by atoms with Crippen molar-refractivity contribution in [3.05, 3.63) is 194 Å². The van der Waals surface area contributed by atoms with Crippen molar-refractivity contribution in [2.75, 3.05) is 0 Å². The minimum absolute atomic E-state index is 0.546. The van der Waals surface area contributed by atoms with Gasteiger partial charge in [-0.15, -0.1) is 11.3 Å². The number of benzene rings is 10. The van der Waals surface area contributed by atoms with Crippen LogP contribution in [0.5, 0.6) is 0 Å². The maximum atomic E-state index is 6.41. The van der Waals surface area contributed by atoms with Crippen LogP contribution in [0.15, 0.2) is 199 Å². The Kier molecular flexibility index (Phi) is 7.21. The van der Waals surface area contributed by atoms with Gasteiger partial charge in [0.25, 0.3) is 0 Å². The molecule has 0 spiro atoms. The fourth-order valence-electron chi connectivity index (χ4n) is 9.87. The second-order valence-corrected chi connectivity index (χ2v) is 17.4. The standard InChI is InChI=1S/C57H32N4OS/c1-2-13-35-29-38(24-23-33(35)11-1)55-58-56(39-25-27-42-41-17-7-8-22-49(41)62-50(42)32-39)60-57(59-55)61-48-31-37-15-4-3-14-36(37)30-47(48)44-19-9-18-43(53(44)61)45-20-10-21-46-52-40-16-6-5-12-34(40)26-28-51(52)63-54(45)46/h1-32H. The molecule has 0 bridgehead atoms. The molecule has 14 rings (SSSR count). The maximum Gasteiger partial charge on any atom is 0.238 e. The minimum atomic E-state index is 0.546. The molecule has 0 atom stereocenters. The van der Waals surface area contributed by atoms with Gasteiger partial charge in [-0.05, 0) is 74.8 Å². The predicted molar refractivity (Wildman–Crippen MR) is 263 cm³/mol. The van der Waals surface area contributed by atoms with Crippen LogP contribution in [-0.4, -0.2) is 19.5 Å². The van der Waals surface area contributed by atoms with Crippen LogP contribution in [-0.2, 0) is 0 Å². The van der Waals surface area contributed by atoms with Gasteiger partial charge in [0.05, 0.1) is 11.0 Å². The normalized spacial score (nSPS) is 12.1. The number of fused-ring (bicyclic) bond motifs is 13. The van der Waals surface area contributed by atoms with Crippen LogP contribution >= 0.6 is 11.3 Å². The lowest BCUT2D eigenvalue weighted by molar-refractivity contribution is 0.669. The molecule has 14 aromatic rings. The molecule has 4 aromatic heterocycles. The minimum Gasteiger partial charge on any atom is -0.456 e. The summed E-state index contributed by atoms with van der Waals surface area (Å²) in [4.78, 5) is 16.1. The molecule has 0 unspecified atom stereocenters. The van der Waals surface area contributed by atoms with Gasteiger partial charge in [-0.3, -0.25) is 4.57 Å². The SMILES string of the molecule is c1ccc2cc(-c3nc(-c4ccc5c(c4)oc4ccccc45)nc(-n4c5cc6ccccc6cc5c5cccc(-c6cccc7c6sc6ccc8ccccc8c67)c54)n3)ccc2c1. The van der Waals surface area contributed by atoms with Crippen LogP contribution in [0.1, 0.15) is 0 Å².